The third-order valence-corrected chi connectivity index (χ3v) is 6.02. The fourth-order valence-electron chi connectivity index (χ4n) is 3.79. The Morgan fingerprint density at radius 3 is 2.47 bits per heavy atom. The number of hydrogen-bond donors (Lipinski definition) is 1. The monoisotopic (exact) mass is 428 g/mol. The van der Waals surface area contributed by atoms with Gasteiger partial charge in [-0.05, 0) is 49.3 Å². The minimum Gasteiger partial charge on any atom is -0.298 e. The van der Waals surface area contributed by atoms with Gasteiger partial charge in [-0.3, -0.25) is 18.5 Å². The van der Waals surface area contributed by atoms with Crippen LogP contribution in [0.15, 0.2) is 39.0 Å². The van der Waals surface area contributed by atoms with Gasteiger partial charge in [-0.25, -0.2) is 10.2 Å². The molecule has 0 unspecified atom stereocenters. The van der Waals surface area contributed by atoms with Gasteiger partial charge < -0.3 is 0 Å². The Balaban J connectivity index is 1.81. The SMILES string of the molecule is CC1CCC(=NNc2nc3c(c(=O)n(C)c(=O)n3C)n2Cc2ccc(Cl)cc2)CC1. The summed E-state index contributed by atoms with van der Waals surface area (Å²) in [5.41, 5.74) is 5.00. The van der Waals surface area contributed by atoms with Crippen LogP contribution in [0.3, 0.4) is 0 Å². The van der Waals surface area contributed by atoms with Crippen LogP contribution < -0.4 is 16.7 Å². The number of halogens is 1. The van der Waals surface area contributed by atoms with Gasteiger partial charge in [0.05, 0.1) is 6.54 Å². The van der Waals surface area contributed by atoms with Crippen molar-refractivity contribution in [2.45, 2.75) is 39.2 Å². The second-order valence-electron chi connectivity index (χ2n) is 8.00. The van der Waals surface area contributed by atoms with E-state index in [0.717, 1.165) is 47.4 Å². The molecule has 0 atom stereocenters. The van der Waals surface area contributed by atoms with Gasteiger partial charge in [0, 0.05) is 24.8 Å². The van der Waals surface area contributed by atoms with Gasteiger partial charge in [0.15, 0.2) is 11.2 Å². The van der Waals surface area contributed by atoms with E-state index in [2.05, 4.69) is 22.4 Å². The first-order valence-electron chi connectivity index (χ1n) is 10.1. The first-order valence-corrected chi connectivity index (χ1v) is 10.4. The highest BCUT2D eigenvalue weighted by molar-refractivity contribution is 6.30. The molecule has 1 N–H and O–H groups in total. The van der Waals surface area contributed by atoms with Crippen LogP contribution in [0.25, 0.3) is 11.2 Å². The molecule has 4 rings (SSSR count). The fourth-order valence-corrected chi connectivity index (χ4v) is 3.92. The van der Waals surface area contributed by atoms with Crippen LogP contribution in [0.1, 0.15) is 38.2 Å². The van der Waals surface area contributed by atoms with E-state index in [9.17, 15) is 9.59 Å². The number of aryl methyl sites for hydroxylation is 1. The second kappa shape index (κ2) is 8.10. The number of hydrogen-bond acceptors (Lipinski definition) is 5. The van der Waals surface area contributed by atoms with Crippen molar-refractivity contribution >= 4 is 34.4 Å². The van der Waals surface area contributed by atoms with Gasteiger partial charge in [0.2, 0.25) is 5.95 Å². The summed E-state index contributed by atoms with van der Waals surface area (Å²) < 4.78 is 4.26. The normalized spacial score (nSPS) is 16.8. The topological polar surface area (TPSA) is 86.2 Å². The first-order chi connectivity index (χ1) is 14.3. The van der Waals surface area contributed by atoms with Crippen molar-refractivity contribution in [3.63, 3.8) is 0 Å². The third kappa shape index (κ3) is 3.79. The van der Waals surface area contributed by atoms with Gasteiger partial charge in [-0.1, -0.05) is 30.7 Å². The molecule has 0 saturated heterocycles. The van der Waals surface area contributed by atoms with Crippen molar-refractivity contribution in [2.24, 2.45) is 25.1 Å². The number of nitrogens with one attached hydrogen (secondary N) is 1. The number of aromatic nitrogens is 4. The smallest absolute Gasteiger partial charge is 0.298 e. The van der Waals surface area contributed by atoms with E-state index in [1.165, 1.54) is 11.6 Å². The summed E-state index contributed by atoms with van der Waals surface area (Å²) in [6, 6.07) is 7.42. The Hall–Kier alpha value is -2.87. The molecule has 2 heterocycles. The summed E-state index contributed by atoms with van der Waals surface area (Å²) in [6.07, 6.45) is 4.14. The first kappa shape index (κ1) is 20.4. The predicted molar refractivity (Wildman–Crippen MR) is 119 cm³/mol. The second-order valence-corrected chi connectivity index (χ2v) is 8.43. The summed E-state index contributed by atoms with van der Waals surface area (Å²) in [7, 11) is 3.09. The predicted octanol–water partition coefficient (Wildman–Crippen LogP) is 3.11. The maximum atomic E-state index is 12.9. The van der Waals surface area contributed by atoms with Crippen molar-refractivity contribution in [1.82, 2.24) is 18.7 Å². The summed E-state index contributed by atoms with van der Waals surface area (Å²) in [5, 5.41) is 5.21. The average molecular weight is 429 g/mol. The largest absolute Gasteiger partial charge is 0.332 e. The molecular weight excluding hydrogens is 404 g/mol. The van der Waals surface area contributed by atoms with Crippen LogP contribution in [-0.4, -0.2) is 24.4 Å². The highest BCUT2D eigenvalue weighted by Crippen LogP contribution is 2.23. The molecule has 3 aromatic rings. The van der Waals surface area contributed by atoms with Gasteiger partial charge >= 0.3 is 5.69 Å². The molecule has 1 saturated carbocycles. The van der Waals surface area contributed by atoms with E-state index in [0.29, 0.717) is 28.7 Å². The Kier molecular flexibility index (Phi) is 5.51. The van der Waals surface area contributed by atoms with Gasteiger partial charge in [0.1, 0.15) is 0 Å². The molecular formula is C21H25ClN6O2. The Morgan fingerprint density at radius 1 is 1.13 bits per heavy atom. The summed E-state index contributed by atoms with van der Waals surface area (Å²) in [4.78, 5) is 29.9. The summed E-state index contributed by atoms with van der Waals surface area (Å²) >= 11 is 6.01. The average Bonchev–Trinajstić information content (AvgIpc) is 3.10. The van der Waals surface area contributed by atoms with Crippen molar-refractivity contribution in [3.8, 4) is 0 Å². The van der Waals surface area contributed by atoms with Crippen LogP contribution in [0.5, 0.6) is 0 Å². The summed E-state index contributed by atoms with van der Waals surface area (Å²) in [6.45, 7) is 2.65. The summed E-state index contributed by atoms with van der Waals surface area (Å²) in [5.74, 6) is 1.15. The number of anilines is 1. The number of nitrogens with zero attached hydrogens (tertiary/aromatic N) is 5. The third-order valence-electron chi connectivity index (χ3n) is 5.77. The van der Waals surface area contributed by atoms with E-state index < -0.39 is 5.69 Å². The molecule has 2 aromatic heterocycles. The number of hydrazone groups is 1. The molecule has 0 amide bonds. The lowest BCUT2D eigenvalue weighted by molar-refractivity contribution is 0.483. The van der Waals surface area contributed by atoms with E-state index in [1.54, 1.807) is 23.7 Å². The lowest BCUT2D eigenvalue weighted by atomic mass is 9.90. The quantitative estimate of drug-likeness (QED) is 0.647. The Bertz CT molecular complexity index is 1230. The zero-order chi connectivity index (χ0) is 21.4. The minimum absolute atomic E-state index is 0.331. The maximum absolute atomic E-state index is 12.9. The number of fused-ring (bicyclic) bond motifs is 1. The van der Waals surface area contributed by atoms with Crippen LogP contribution in [-0.2, 0) is 20.6 Å². The molecule has 9 heteroatoms. The highest BCUT2D eigenvalue weighted by Gasteiger charge is 2.20. The van der Waals surface area contributed by atoms with E-state index in [-0.39, 0.29) is 5.56 Å². The van der Waals surface area contributed by atoms with Crippen molar-refractivity contribution in [1.29, 1.82) is 0 Å². The van der Waals surface area contributed by atoms with Crippen LogP contribution >= 0.6 is 11.6 Å². The van der Waals surface area contributed by atoms with Gasteiger partial charge in [-0.2, -0.15) is 10.1 Å². The standard InChI is InChI=1S/C21H25ClN6O2/c1-13-4-10-16(11-5-13)24-25-20-23-18-17(19(29)27(3)21(30)26(18)2)28(20)12-14-6-8-15(22)9-7-14/h6-9,13H,4-5,10-12H2,1-3H3,(H,23,25). The molecule has 30 heavy (non-hydrogen) atoms. The zero-order valence-corrected chi connectivity index (χ0v) is 18.1. The van der Waals surface area contributed by atoms with Crippen molar-refractivity contribution in [3.05, 3.63) is 55.7 Å². The van der Waals surface area contributed by atoms with Gasteiger partial charge in [-0.15, -0.1) is 0 Å². The van der Waals surface area contributed by atoms with Crippen LogP contribution in [0.4, 0.5) is 5.95 Å². The van der Waals surface area contributed by atoms with Crippen LogP contribution in [0, 0.1) is 5.92 Å². The molecule has 0 radical (unpaired) electrons. The minimum atomic E-state index is -0.414. The van der Waals surface area contributed by atoms with Gasteiger partial charge in [0.25, 0.3) is 5.56 Å². The van der Waals surface area contributed by atoms with Crippen molar-refractivity contribution in [2.75, 3.05) is 5.43 Å². The highest BCUT2D eigenvalue weighted by atomic mass is 35.5. The molecule has 1 fully saturated rings. The lowest BCUT2D eigenvalue weighted by Crippen LogP contribution is -2.37. The van der Waals surface area contributed by atoms with E-state index in [1.807, 2.05) is 12.1 Å². The number of benzene rings is 1. The molecule has 0 bridgehead atoms. The number of rotatable bonds is 4. The molecule has 0 aliphatic heterocycles. The lowest BCUT2D eigenvalue weighted by Gasteiger charge is -2.19. The molecule has 0 spiro atoms. The Morgan fingerprint density at radius 2 is 1.80 bits per heavy atom. The fraction of sp³-hybridized carbons (Fsp3) is 0.429. The van der Waals surface area contributed by atoms with Crippen LogP contribution in [0.2, 0.25) is 5.02 Å². The van der Waals surface area contributed by atoms with E-state index >= 15 is 0 Å². The molecule has 1 aromatic carbocycles. The Labute approximate surface area is 178 Å². The maximum Gasteiger partial charge on any atom is 0.332 e. The van der Waals surface area contributed by atoms with Crippen molar-refractivity contribution < 1.29 is 0 Å². The molecule has 1 aliphatic carbocycles. The molecule has 8 nitrogen and oxygen atoms in total. The number of imidazole rings is 1. The molecule has 1 aliphatic rings. The molecule has 158 valence electrons. The van der Waals surface area contributed by atoms with E-state index in [4.69, 9.17) is 11.6 Å². The zero-order valence-electron chi connectivity index (χ0n) is 17.4.